The molecule has 0 heterocycles. The van der Waals surface area contributed by atoms with Gasteiger partial charge in [0.15, 0.2) is 0 Å². The summed E-state index contributed by atoms with van der Waals surface area (Å²) in [7, 11) is 0. The summed E-state index contributed by atoms with van der Waals surface area (Å²) in [5.41, 5.74) is 3.46. The SMILES string of the molecule is C[C@H](O)[C@H](O)[C@@H](O)/C=N/Nc1ccccc1. The van der Waals surface area contributed by atoms with Crippen molar-refractivity contribution in [3.8, 4) is 0 Å². The molecular formula is C11H16N2O3. The van der Waals surface area contributed by atoms with Crippen molar-refractivity contribution in [2.75, 3.05) is 5.43 Å². The second kappa shape index (κ2) is 6.22. The van der Waals surface area contributed by atoms with Crippen LogP contribution in [0.15, 0.2) is 35.4 Å². The Hall–Kier alpha value is -1.43. The first-order valence-electron chi connectivity index (χ1n) is 4.99. The maximum Gasteiger partial charge on any atom is 0.119 e. The smallest absolute Gasteiger partial charge is 0.119 e. The number of benzene rings is 1. The van der Waals surface area contributed by atoms with Crippen LogP contribution in [0, 0.1) is 0 Å². The van der Waals surface area contributed by atoms with Crippen molar-refractivity contribution in [3.05, 3.63) is 30.3 Å². The zero-order valence-corrected chi connectivity index (χ0v) is 8.99. The molecule has 0 aliphatic rings. The molecule has 1 aromatic carbocycles. The summed E-state index contributed by atoms with van der Waals surface area (Å²) in [5, 5.41) is 31.4. The highest BCUT2D eigenvalue weighted by atomic mass is 16.4. The van der Waals surface area contributed by atoms with Crippen molar-refractivity contribution in [3.63, 3.8) is 0 Å². The van der Waals surface area contributed by atoms with Crippen LogP contribution >= 0.6 is 0 Å². The van der Waals surface area contributed by atoms with E-state index in [2.05, 4.69) is 10.5 Å². The highest BCUT2D eigenvalue weighted by Crippen LogP contribution is 2.04. The number of anilines is 1. The minimum Gasteiger partial charge on any atom is -0.391 e. The van der Waals surface area contributed by atoms with Gasteiger partial charge in [0.2, 0.25) is 0 Å². The Balaban J connectivity index is 2.43. The van der Waals surface area contributed by atoms with Gasteiger partial charge in [-0.05, 0) is 19.1 Å². The fourth-order valence-corrected chi connectivity index (χ4v) is 1.07. The number of hydrogen-bond donors (Lipinski definition) is 4. The molecule has 0 saturated carbocycles. The molecule has 0 spiro atoms. The van der Waals surface area contributed by atoms with Gasteiger partial charge in [-0.25, -0.2) is 0 Å². The normalized spacial score (nSPS) is 17.0. The lowest BCUT2D eigenvalue weighted by Gasteiger charge is -2.16. The molecule has 1 aromatic rings. The molecule has 3 atom stereocenters. The third kappa shape index (κ3) is 3.98. The Morgan fingerprint density at radius 2 is 1.81 bits per heavy atom. The predicted octanol–water partition coefficient (Wildman–Crippen LogP) is 0.187. The lowest BCUT2D eigenvalue weighted by molar-refractivity contribution is -0.0240. The first-order valence-corrected chi connectivity index (χ1v) is 4.99. The third-order valence-corrected chi connectivity index (χ3v) is 2.04. The number of para-hydroxylation sites is 1. The van der Waals surface area contributed by atoms with Gasteiger partial charge < -0.3 is 15.3 Å². The van der Waals surface area contributed by atoms with Gasteiger partial charge in [0.1, 0.15) is 12.2 Å². The predicted molar refractivity (Wildman–Crippen MR) is 62.3 cm³/mol. The molecule has 0 bridgehead atoms. The average molecular weight is 224 g/mol. The standard InChI is InChI=1S/C11H16N2O3/c1-8(14)11(16)10(15)7-12-13-9-5-3-2-4-6-9/h2-8,10-11,13-16H,1H3/b12-7+/t8-,10-,11-/m0/s1. The molecular weight excluding hydrogens is 208 g/mol. The molecule has 0 unspecified atom stereocenters. The van der Waals surface area contributed by atoms with Crippen LogP contribution in [0.25, 0.3) is 0 Å². The zero-order chi connectivity index (χ0) is 12.0. The van der Waals surface area contributed by atoms with E-state index >= 15 is 0 Å². The molecule has 4 N–H and O–H groups in total. The molecule has 0 radical (unpaired) electrons. The van der Waals surface area contributed by atoms with Gasteiger partial charge in [0.05, 0.1) is 18.0 Å². The molecule has 5 nitrogen and oxygen atoms in total. The van der Waals surface area contributed by atoms with Gasteiger partial charge >= 0.3 is 0 Å². The van der Waals surface area contributed by atoms with Crippen LogP contribution in [-0.2, 0) is 0 Å². The van der Waals surface area contributed by atoms with Crippen LogP contribution in [0.2, 0.25) is 0 Å². The average Bonchev–Trinajstić information content (AvgIpc) is 2.29. The Kier molecular flexibility index (Phi) is 4.91. The quantitative estimate of drug-likeness (QED) is 0.425. The highest BCUT2D eigenvalue weighted by Gasteiger charge is 2.18. The van der Waals surface area contributed by atoms with Crippen molar-refractivity contribution in [1.82, 2.24) is 0 Å². The fourth-order valence-electron chi connectivity index (χ4n) is 1.07. The molecule has 88 valence electrons. The second-order valence-corrected chi connectivity index (χ2v) is 3.48. The molecule has 16 heavy (non-hydrogen) atoms. The number of rotatable bonds is 5. The van der Waals surface area contributed by atoms with Crippen LogP contribution < -0.4 is 5.43 Å². The summed E-state index contributed by atoms with van der Waals surface area (Å²) in [6.45, 7) is 1.40. The lowest BCUT2D eigenvalue weighted by atomic mass is 10.1. The monoisotopic (exact) mass is 224 g/mol. The zero-order valence-electron chi connectivity index (χ0n) is 8.99. The molecule has 0 amide bonds. The molecule has 0 aliphatic carbocycles. The summed E-state index contributed by atoms with van der Waals surface area (Å²) in [6, 6.07) is 9.20. The minimum absolute atomic E-state index is 0.775. The van der Waals surface area contributed by atoms with E-state index in [-0.39, 0.29) is 0 Å². The van der Waals surface area contributed by atoms with Gasteiger partial charge in [0, 0.05) is 0 Å². The van der Waals surface area contributed by atoms with Gasteiger partial charge in [-0.1, -0.05) is 18.2 Å². The summed E-state index contributed by atoms with van der Waals surface area (Å²) >= 11 is 0. The van der Waals surface area contributed by atoms with Crippen molar-refractivity contribution in [2.24, 2.45) is 5.10 Å². The van der Waals surface area contributed by atoms with E-state index in [1.165, 1.54) is 6.92 Å². The minimum atomic E-state index is -1.23. The van der Waals surface area contributed by atoms with Gasteiger partial charge in [-0.3, -0.25) is 5.43 Å². The molecule has 0 fully saturated rings. The second-order valence-electron chi connectivity index (χ2n) is 3.48. The van der Waals surface area contributed by atoms with E-state index in [1.807, 2.05) is 30.3 Å². The summed E-state index contributed by atoms with van der Waals surface area (Å²) in [4.78, 5) is 0. The van der Waals surface area contributed by atoms with E-state index in [1.54, 1.807) is 0 Å². The summed E-state index contributed by atoms with van der Waals surface area (Å²) in [5.74, 6) is 0. The Morgan fingerprint density at radius 1 is 1.19 bits per heavy atom. The molecule has 5 heteroatoms. The van der Waals surface area contributed by atoms with Crippen molar-refractivity contribution < 1.29 is 15.3 Å². The topological polar surface area (TPSA) is 85.1 Å². The van der Waals surface area contributed by atoms with Crippen LogP contribution in [0.1, 0.15) is 6.92 Å². The Labute approximate surface area is 94.1 Å². The summed E-state index contributed by atoms with van der Waals surface area (Å²) in [6.07, 6.45) is -2.29. The molecule has 0 aromatic heterocycles. The number of aliphatic hydroxyl groups is 3. The van der Waals surface area contributed by atoms with Gasteiger partial charge in [-0.15, -0.1) is 0 Å². The molecule has 0 aliphatic heterocycles. The van der Waals surface area contributed by atoms with Crippen LogP contribution in [0.4, 0.5) is 5.69 Å². The first-order chi connectivity index (χ1) is 7.61. The Morgan fingerprint density at radius 3 is 2.38 bits per heavy atom. The number of hydrogen-bond acceptors (Lipinski definition) is 5. The number of nitrogens with one attached hydrogen (secondary N) is 1. The maximum atomic E-state index is 9.37. The number of aliphatic hydroxyl groups excluding tert-OH is 3. The lowest BCUT2D eigenvalue weighted by Crippen LogP contribution is -2.36. The molecule has 1 rings (SSSR count). The van der Waals surface area contributed by atoms with E-state index in [4.69, 9.17) is 5.11 Å². The van der Waals surface area contributed by atoms with E-state index in [9.17, 15) is 10.2 Å². The van der Waals surface area contributed by atoms with E-state index in [0.29, 0.717) is 0 Å². The first kappa shape index (κ1) is 12.6. The van der Waals surface area contributed by atoms with Crippen LogP contribution in [0.5, 0.6) is 0 Å². The summed E-state index contributed by atoms with van der Waals surface area (Å²) < 4.78 is 0. The largest absolute Gasteiger partial charge is 0.391 e. The maximum absolute atomic E-state index is 9.37. The van der Waals surface area contributed by atoms with Crippen molar-refractivity contribution in [2.45, 2.75) is 25.2 Å². The molecule has 0 saturated heterocycles. The number of hydrazone groups is 1. The van der Waals surface area contributed by atoms with Gasteiger partial charge in [0.25, 0.3) is 0 Å². The van der Waals surface area contributed by atoms with E-state index < -0.39 is 18.3 Å². The third-order valence-electron chi connectivity index (χ3n) is 2.04. The van der Waals surface area contributed by atoms with Gasteiger partial charge in [-0.2, -0.15) is 5.10 Å². The number of nitrogens with zero attached hydrogens (tertiary/aromatic N) is 1. The van der Waals surface area contributed by atoms with Crippen LogP contribution in [0.3, 0.4) is 0 Å². The van der Waals surface area contributed by atoms with Crippen LogP contribution in [-0.4, -0.2) is 39.8 Å². The highest BCUT2D eigenvalue weighted by molar-refractivity contribution is 5.65. The Bertz CT molecular complexity index is 327. The fraction of sp³-hybridized carbons (Fsp3) is 0.364. The van der Waals surface area contributed by atoms with E-state index in [0.717, 1.165) is 11.9 Å². The van der Waals surface area contributed by atoms with Crippen molar-refractivity contribution >= 4 is 11.9 Å². The van der Waals surface area contributed by atoms with Crippen molar-refractivity contribution in [1.29, 1.82) is 0 Å².